The number of hydrogen-bond acceptors (Lipinski definition) is 2. The SMILES string of the molecule is C[C@H](c1ccccc1)[C@H](C)C(C#N)C#N. The summed E-state index contributed by atoms with van der Waals surface area (Å²) in [5, 5.41) is 17.6. The van der Waals surface area contributed by atoms with Gasteiger partial charge < -0.3 is 0 Å². The van der Waals surface area contributed by atoms with Crippen molar-refractivity contribution in [3.63, 3.8) is 0 Å². The summed E-state index contributed by atoms with van der Waals surface area (Å²) in [7, 11) is 0. The molecule has 0 bridgehead atoms. The van der Waals surface area contributed by atoms with E-state index in [0.29, 0.717) is 0 Å². The Morgan fingerprint density at radius 2 is 1.53 bits per heavy atom. The molecule has 0 aliphatic heterocycles. The molecule has 2 heteroatoms. The predicted molar refractivity (Wildman–Crippen MR) is 58.7 cm³/mol. The number of benzene rings is 1. The van der Waals surface area contributed by atoms with Crippen molar-refractivity contribution in [3.05, 3.63) is 35.9 Å². The van der Waals surface area contributed by atoms with Crippen LogP contribution < -0.4 is 0 Å². The normalized spacial score (nSPS) is 13.9. The van der Waals surface area contributed by atoms with Gasteiger partial charge in [0, 0.05) is 0 Å². The Kier molecular flexibility index (Phi) is 3.89. The maximum Gasteiger partial charge on any atom is 0.136 e. The van der Waals surface area contributed by atoms with Gasteiger partial charge in [-0.3, -0.25) is 0 Å². The zero-order valence-corrected chi connectivity index (χ0v) is 9.01. The van der Waals surface area contributed by atoms with Gasteiger partial charge in [0.1, 0.15) is 5.92 Å². The summed E-state index contributed by atoms with van der Waals surface area (Å²) in [6.45, 7) is 4.01. The Labute approximate surface area is 90.8 Å². The molecule has 0 aliphatic carbocycles. The molecule has 0 amide bonds. The van der Waals surface area contributed by atoms with Gasteiger partial charge in [0.15, 0.2) is 0 Å². The first-order valence-corrected chi connectivity index (χ1v) is 5.05. The van der Waals surface area contributed by atoms with Crippen LogP contribution in [0.25, 0.3) is 0 Å². The Morgan fingerprint density at radius 3 is 2.00 bits per heavy atom. The van der Waals surface area contributed by atoms with E-state index < -0.39 is 5.92 Å². The van der Waals surface area contributed by atoms with Crippen LogP contribution in [0.1, 0.15) is 25.3 Å². The number of nitrogens with zero attached hydrogens (tertiary/aromatic N) is 2. The highest BCUT2D eigenvalue weighted by Gasteiger charge is 2.23. The fourth-order valence-corrected chi connectivity index (χ4v) is 1.61. The molecule has 0 N–H and O–H groups in total. The second-order valence-corrected chi connectivity index (χ2v) is 3.79. The van der Waals surface area contributed by atoms with Crippen molar-refractivity contribution in [1.29, 1.82) is 10.5 Å². The van der Waals surface area contributed by atoms with Crippen LogP contribution in [0, 0.1) is 34.5 Å². The third kappa shape index (κ3) is 2.58. The lowest BCUT2D eigenvalue weighted by atomic mass is 9.81. The summed E-state index contributed by atoms with van der Waals surface area (Å²) in [5.41, 5.74) is 1.18. The summed E-state index contributed by atoms with van der Waals surface area (Å²) in [6, 6.07) is 14.1. The third-order valence-electron chi connectivity index (χ3n) is 2.92. The van der Waals surface area contributed by atoms with Crippen molar-refractivity contribution in [2.24, 2.45) is 11.8 Å². The average Bonchev–Trinajstić information content (AvgIpc) is 2.30. The number of hydrogen-bond donors (Lipinski definition) is 0. The Bertz CT molecular complexity index is 369. The van der Waals surface area contributed by atoms with Crippen LogP contribution in [-0.4, -0.2) is 0 Å². The van der Waals surface area contributed by atoms with Gasteiger partial charge in [-0.2, -0.15) is 10.5 Å². The molecule has 76 valence electrons. The van der Waals surface area contributed by atoms with Crippen molar-refractivity contribution in [2.45, 2.75) is 19.8 Å². The number of rotatable bonds is 3. The molecule has 2 nitrogen and oxygen atoms in total. The lowest BCUT2D eigenvalue weighted by Gasteiger charge is -2.20. The largest absolute Gasteiger partial charge is 0.197 e. The third-order valence-corrected chi connectivity index (χ3v) is 2.92. The second kappa shape index (κ2) is 5.17. The smallest absolute Gasteiger partial charge is 0.136 e. The van der Waals surface area contributed by atoms with Gasteiger partial charge in [-0.05, 0) is 17.4 Å². The zero-order valence-electron chi connectivity index (χ0n) is 9.01. The first kappa shape index (κ1) is 11.3. The molecule has 0 heterocycles. The first-order valence-electron chi connectivity index (χ1n) is 5.05. The molecule has 1 rings (SSSR count). The van der Waals surface area contributed by atoms with Gasteiger partial charge in [-0.15, -0.1) is 0 Å². The molecule has 0 saturated heterocycles. The molecule has 2 atom stereocenters. The molecule has 0 aliphatic rings. The van der Waals surface area contributed by atoms with Crippen LogP contribution in [-0.2, 0) is 0 Å². The van der Waals surface area contributed by atoms with E-state index in [4.69, 9.17) is 10.5 Å². The maximum atomic E-state index is 8.82. The molecule has 0 unspecified atom stereocenters. The van der Waals surface area contributed by atoms with Crippen molar-refractivity contribution in [3.8, 4) is 12.1 Å². The van der Waals surface area contributed by atoms with Gasteiger partial charge in [-0.1, -0.05) is 44.2 Å². The van der Waals surface area contributed by atoms with Gasteiger partial charge >= 0.3 is 0 Å². The van der Waals surface area contributed by atoms with E-state index in [-0.39, 0.29) is 11.8 Å². The molecule has 0 fully saturated rings. The molecule has 0 radical (unpaired) electrons. The summed E-state index contributed by atoms with van der Waals surface area (Å²) in [4.78, 5) is 0. The van der Waals surface area contributed by atoms with Crippen LogP contribution in [0.15, 0.2) is 30.3 Å². The molecule has 0 saturated carbocycles. The molecule has 1 aromatic carbocycles. The zero-order chi connectivity index (χ0) is 11.3. The fourth-order valence-electron chi connectivity index (χ4n) is 1.61. The highest BCUT2D eigenvalue weighted by Crippen LogP contribution is 2.28. The summed E-state index contributed by atoms with van der Waals surface area (Å²) in [5.74, 6) is -0.238. The van der Waals surface area contributed by atoms with E-state index in [1.54, 1.807) is 0 Å². The Morgan fingerprint density at radius 1 is 1.00 bits per heavy atom. The van der Waals surface area contributed by atoms with E-state index in [1.807, 2.05) is 49.4 Å². The lowest BCUT2D eigenvalue weighted by molar-refractivity contribution is 0.436. The lowest BCUT2D eigenvalue weighted by Crippen LogP contribution is -2.14. The van der Waals surface area contributed by atoms with Crippen LogP contribution in [0.4, 0.5) is 0 Å². The summed E-state index contributed by atoms with van der Waals surface area (Å²) >= 11 is 0. The monoisotopic (exact) mass is 198 g/mol. The molecule has 0 spiro atoms. The van der Waals surface area contributed by atoms with E-state index in [9.17, 15) is 0 Å². The van der Waals surface area contributed by atoms with E-state index >= 15 is 0 Å². The average molecular weight is 198 g/mol. The standard InChI is InChI=1S/C13H14N2/c1-10(11(2)13(8-14)9-15)12-6-4-3-5-7-12/h3-7,10-11,13H,1-2H3/t10-,11-/m0/s1. The molecule has 15 heavy (non-hydrogen) atoms. The van der Waals surface area contributed by atoms with Crippen molar-refractivity contribution >= 4 is 0 Å². The van der Waals surface area contributed by atoms with E-state index in [0.717, 1.165) is 0 Å². The number of nitriles is 2. The quantitative estimate of drug-likeness (QED) is 0.749. The van der Waals surface area contributed by atoms with Gasteiger partial charge in [0.2, 0.25) is 0 Å². The van der Waals surface area contributed by atoms with Gasteiger partial charge in [0.05, 0.1) is 12.1 Å². The Hall–Kier alpha value is -1.80. The maximum absolute atomic E-state index is 8.82. The highest BCUT2D eigenvalue weighted by atomic mass is 14.4. The van der Waals surface area contributed by atoms with Gasteiger partial charge in [-0.25, -0.2) is 0 Å². The predicted octanol–water partition coefficient (Wildman–Crippen LogP) is 3.09. The van der Waals surface area contributed by atoms with Crippen molar-refractivity contribution in [1.82, 2.24) is 0 Å². The molecular formula is C13H14N2. The van der Waals surface area contributed by atoms with Gasteiger partial charge in [0.25, 0.3) is 0 Å². The summed E-state index contributed by atoms with van der Waals surface area (Å²) < 4.78 is 0. The molecule has 1 aromatic rings. The van der Waals surface area contributed by atoms with Crippen LogP contribution in [0.2, 0.25) is 0 Å². The summed E-state index contributed by atoms with van der Waals surface area (Å²) in [6.07, 6.45) is 0. The minimum Gasteiger partial charge on any atom is -0.197 e. The van der Waals surface area contributed by atoms with Crippen LogP contribution in [0.5, 0.6) is 0 Å². The second-order valence-electron chi connectivity index (χ2n) is 3.79. The van der Waals surface area contributed by atoms with E-state index in [1.165, 1.54) is 5.56 Å². The van der Waals surface area contributed by atoms with E-state index in [2.05, 4.69) is 6.92 Å². The minimum absolute atomic E-state index is 0.0578. The Balaban J connectivity index is 2.83. The van der Waals surface area contributed by atoms with Crippen molar-refractivity contribution < 1.29 is 0 Å². The molecule has 0 aromatic heterocycles. The highest BCUT2D eigenvalue weighted by molar-refractivity contribution is 5.21. The fraction of sp³-hybridized carbons (Fsp3) is 0.385. The van der Waals surface area contributed by atoms with Crippen LogP contribution >= 0.6 is 0 Å². The minimum atomic E-state index is -0.528. The first-order chi connectivity index (χ1) is 7.20. The van der Waals surface area contributed by atoms with Crippen molar-refractivity contribution in [2.75, 3.05) is 0 Å². The topological polar surface area (TPSA) is 47.6 Å². The molecular weight excluding hydrogens is 184 g/mol. The van der Waals surface area contributed by atoms with Crippen LogP contribution in [0.3, 0.4) is 0 Å².